The number of anilines is 1. The van der Waals surface area contributed by atoms with Crippen LogP contribution in [0.2, 0.25) is 0 Å². The molecule has 4 heteroatoms. The first-order chi connectivity index (χ1) is 9.21. The predicted molar refractivity (Wildman–Crippen MR) is 81.1 cm³/mol. The number of nitrogens with zero attached hydrogens (tertiary/aromatic N) is 2. The van der Waals surface area contributed by atoms with E-state index >= 15 is 0 Å². The van der Waals surface area contributed by atoms with Gasteiger partial charge in [0.25, 0.3) is 0 Å². The van der Waals surface area contributed by atoms with Crippen LogP contribution in [-0.2, 0) is 5.54 Å². The standard InChI is InChI=1S/C16H22FN3/c1-10(2)15-19-13(11-6-8-12(17)9-7-11)14(18)20(15)16(3,4)5/h6-10H,18H2,1-5H3. The lowest BCUT2D eigenvalue weighted by molar-refractivity contribution is 0.382. The maximum Gasteiger partial charge on any atom is 0.132 e. The van der Waals surface area contributed by atoms with Crippen molar-refractivity contribution in [2.75, 3.05) is 5.73 Å². The number of aromatic nitrogens is 2. The number of hydrogen-bond acceptors (Lipinski definition) is 2. The normalized spacial score (nSPS) is 12.2. The van der Waals surface area contributed by atoms with E-state index in [9.17, 15) is 4.39 Å². The lowest BCUT2D eigenvalue weighted by Gasteiger charge is -2.26. The average molecular weight is 275 g/mol. The van der Waals surface area contributed by atoms with Crippen LogP contribution in [-0.4, -0.2) is 9.55 Å². The maximum absolute atomic E-state index is 13.0. The van der Waals surface area contributed by atoms with Gasteiger partial charge in [-0.05, 0) is 45.0 Å². The first kappa shape index (κ1) is 14.6. The highest BCUT2D eigenvalue weighted by Crippen LogP contribution is 2.34. The zero-order valence-corrected chi connectivity index (χ0v) is 12.7. The summed E-state index contributed by atoms with van der Waals surface area (Å²) in [6.07, 6.45) is 0. The highest BCUT2D eigenvalue weighted by molar-refractivity contribution is 5.71. The summed E-state index contributed by atoms with van der Waals surface area (Å²) in [7, 11) is 0. The van der Waals surface area contributed by atoms with Crippen molar-refractivity contribution >= 4 is 5.82 Å². The molecule has 108 valence electrons. The number of benzene rings is 1. The van der Waals surface area contributed by atoms with Gasteiger partial charge in [-0.2, -0.15) is 0 Å². The molecule has 2 aromatic rings. The molecule has 0 bridgehead atoms. The van der Waals surface area contributed by atoms with Gasteiger partial charge in [0.2, 0.25) is 0 Å². The summed E-state index contributed by atoms with van der Waals surface area (Å²) in [5.74, 6) is 1.60. The quantitative estimate of drug-likeness (QED) is 0.894. The van der Waals surface area contributed by atoms with Crippen LogP contribution in [0.1, 0.15) is 46.4 Å². The second-order valence-electron chi connectivity index (χ2n) is 6.37. The molecule has 0 amide bonds. The number of halogens is 1. The van der Waals surface area contributed by atoms with E-state index < -0.39 is 0 Å². The van der Waals surface area contributed by atoms with Gasteiger partial charge in [-0.1, -0.05) is 13.8 Å². The fourth-order valence-electron chi connectivity index (χ4n) is 2.36. The third kappa shape index (κ3) is 2.55. The van der Waals surface area contributed by atoms with Crippen molar-refractivity contribution in [3.8, 4) is 11.3 Å². The first-order valence-electron chi connectivity index (χ1n) is 6.86. The van der Waals surface area contributed by atoms with Crippen LogP contribution in [0.5, 0.6) is 0 Å². The van der Waals surface area contributed by atoms with Gasteiger partial charge in [0.1, 0.15) is 23.2 Å². The smallest absolute Gasteiger partial charge is 0.132 e. The van der Waals surface area contributed by atoms with E-state index in [4.69, 9.17) is 10.7 Å². The molecule has 0 atom stereocenters. The Bertz CT molecular complexity index is 604. The Morgan fingerprint density at radius 3 is 2.10 bits per heavy atom. The Morgan fingerprint density at radius 2 is 1.70 bits per heavy atom. The minimum Gasteiger partial charge on any atom is -0.383 e. The number of rotatable bonds is 2. The Kier molecular flexibility index (Phi) is 3.59. The molecule has 20 heavy (non-hydrogen) atoms. The molecular formula is C16H22FN3. The summed E-state index contributed by atoms with van der Waals surface area (Å²) in [4.78, 5) is 4.69. The van der Waals surface area contributed by atoms with Gasteiger partial charge in [0.05, 0.1) is 0 Å². The summed E-state index contributed by atoms with van der Waals surface area (Å²) in [6.45, 7) is 10.5. The molecule has 1 aromatic carbocycles. The van der Waals surface area contributed by atoms with Crippen molar-refractivity contribution in [1.29, 1.82) is 0 Å². The van der Waals surface area contributed by atoms with Crippen LogP contribution in [0, 0.1) is 5.82 Å². The molecule has 1 heterocycles. The summed E-state index contributed by atoms with van der Waals surface area (Å²) in [5.41, 5.74) is 7.73. The number of nitrogens with two attached hydrogens (primary N) is 1. The second kappa shape index (κ2) is 4.93. The molecule has 0 aliphatic carbocycles. The van der Waals surface area contributed by atoms with Crippen molar-refractivity contribution in [2.24, 2.45) is 0 Å². The van der Waals surface area contributed by atoms with Crippen LogP contribution in [0.4, 0.5) is 10.2 Å². The van der Waals surface area contributed by atoms with Crippen molar-refractivity contribution in [2.45, 2.75) is 46.1 Å². The highest BCUT2D eigenvalue weighted by atomic mass is 19.1. The molecule has 0 aliphatic heterocycles. The molecule has 0 aliphatic rings. The van der Waals surface area contributed by atoms with Crippen LogP contribution in [0.25, 0.3) is 11.3 Å². The topological polar surface area (TPSA) is 43.8 Å². The summed E-state index contributed by atoms with van der Waals surface area (Å²) < 4.78 is 15.1. The van der Waals surface area contributed by atoms with Gasteiger partial charge in [-0.3, -0.25) is 0 Å². The molecule has 2 rings (SSSR count). The SMILES string of the molecule is CC(C)c1nc(-c2ccc(F)cc2)c(N)n1C(C)(C)C. The summed E-state index contributed by atoms with van der Waals surface area (Å²) in [5, 5.41) is 0. The third-order valence-corrected chi connectivity index (χ3v) is 3.24. The van der Waals surface area contributed by atoms with E-state index in [1.807, 2.05) is 0 Å². The molecule has 2 N–H and O–H groups in total. The largest absolute Gasteiger partial charge is 0.383 e. The van der Waals surface area contributed by atoms with Crippen LogP contribution < -0.4 is 5.73 Å². The Labute approximate surface area is 119 Å². The van der Waals surface area contributed by atoms with E-state index in [0.29, 0.717) is 5.82 Å². The van der Waals surface area contributed by atoms with Gasteiger partial charge in [-0.25, -0.2) is 9.37 Å². The monoisotopic (exact) mass is 275 g/mol. The number of nitrogen functional groups attached to an aromatic ring is 1. The van der Waals surface area contributed by atoms with E-state index in [-0.39, 0.29) is 17.3 Å². The van der Waals surface area contributed by atoms with Crippen LogP contribution in [0.3, 0.4) is 0 Å². The summed E-state index contributed by atoms with van der Waals surface area (Å²) in [6, 6.07) is 6.29. The molecule has 0 saturated heterocycles. The van der Waals surface area contributed by atoms with Crippen molar-refractivity contribution in [3.63, 3.8) is 0 Å². The van der Waals surface area contributed by atoms with Gasteiger partial charge in [0.15, 0.2) is 0 Å². The molecular weight excluding hydrogens is 253 g/mol. The van der Waals surface area contributed by atoms with Crippen molar-refractivity contribution in [1.82, 2.24) is 9.55 Å². The highest BCUT2D eigenvalue weighted by Gasteiger charge is 2.25. The molecule has 3 nitrogen and oxygen atoms in total. The van der Waals surface area contributed by atoms with Gasteiger partial charge in [0, 0.05) is 17.0 Å². The van der Waals surface area contributed by atoms with E-state index in [1.54, 1.807) is 12.1 Å². The Morgan fingerprint density at radius 1 is 1.15 bits per heavy atom. The zero-order valence-electron chi connectivity index (χ0n) is 12.7. The first-order valence-corrected chi connectivity index (χ1v) is 6.86. The Hall–Kier alpha value is -1.84. The second-order valence-corrected chi connectivity index (χ2v) is 6.37. The molecule has 0 spiro atoms. The fourth-order valence-corrected chi connectivity index (χ4v) is 2.36. The van der Waals surface area contributed by atoms with E-state index in [1.165, 1.54) is 12.1 Å². The number of hydrogen-bond donors (Lipinski definition) is 1. The van der Waals surface area contributed by atoms with Crippen molar-refractivity contribution < 1.29 is 4.39 Å². The molecule has 0 unspecified atom stereocenters. The minimum absolute atomic E-state index is 0.144. The van der Waals surface area contributed by atoms with E-state index in [2.05, 4.69) is 39.2 Å². The molecule has 0 radical (unpaired) electrons. The van der Waals surface area contributed by atoms with Crippen LogP contribution >= 0.6 is 0 Å². The predicted octanol–water partition coefficient (Wildman–Crippen LogP) is 4.15. The molecule has 0 fully saturated rings. The summed E-state index contributed by atoms with van der Waals surface area (Å²) >= 11 is 0. The van der Waals surface area contributed by atoms with Gasteiger partial charge >= 0.3 is 0 Å². The minimum atomic E-state index is -0.258. The molecule has 1 aromatic heterocycles. The molecule has 0 saturated carbocycles. The van der Waals surface area contributed by atoms with E-state index in [0.717, 1.165) is 17.1 Å². The van der Waals surface area contributed by atoms with Crippen molar-refractivity contribution in [3.05, 3.63) is 35.9 Å². The maximum atomic E-state index is 13.0. The average Bonchev–Trinajstić information content (AvgIpc) is 2.68. The fraction of sp³-hybridized carbons (Fsp3) is 0.438. The lowest BCUT2D eigenvalue weighted by atomic mass is 10.1. The lowest BCUT2D eigenvalue weighted by Crippen LogP contribution is -2.26. The van der Waals surface area contributed by atoms with Gasteiger partial charge < -0.3 is 10.3 Å². The Balaban J connectivity index is 2.64. The zero-order chi connectivity index (χ0) is 15.1. The van der Waals surface area contributed by atoms with Crippen LogP contribution in [0.15, 0.2) is 24.3 Å². The van der Waals surface area contributed by atoms with Gasteiger partial charge in [-0.15, -0.1) is 0 Å². The number of imidazole rings is 1. The third-order valence-electron chi connectivity index (χ3n) is 3.24.